The molecule has 10 heteroatoms. The monoisotopic (exact) mass is 551 g/mol. The normalized spacial score (nSPS) is 14.1. The van der Waals surface area contributed by atoms with E-state index in [2.05, 4.69) is 0 Å². The van der Waals surface area contributed by atoms with Crippen LogP contribution in [0.15, 0.2) is 18.2 Å². The van der Waals surface area contributed by atoms with E-state index in [1.54, 1.807) is 6.07 Å². The van der Waals surface area contributed by atoms with E-state index in [1.165, 1.54) is 19.2 Å². The summed E-state index contributed by atoms with van der Waals surface area (Å²) in [4.78, 5) is 49.4. The molecular formula is C29H45NO9. The average Bonchev–Trinajstić information content (AvgIpc) is 2.87. The Bertz CT molecular complexity index is 962. The van der Waals surface area contributed by atoms with Gasteiger partial charge in [-0.05, 0) is 35.4 Å². The van der Waals surface area contributed by atoms with E-state index in [-0.39, 0.29) is 68.1 Å². The molecular weight excluding hydrogens is 506 g/mol. The van der Waals surface area contributed by atoms with Crippen LogP contribution in [0.1, 0.15) is 79.2 Å². The highest BCUT2D eigenvalue weighted by molar-refractivity contribution is 5.81. The summed E-state index contributed by atoms with van der Waals surface area (Å²) >= 11 is 0. The zero-order valence-electron chi connectivity index (χ0n) is 24.4. The Morgan fingerprint density at radius 2 is 1.44 bits per heavy atom. The molecule has 3 atom stereocenters. The topological polar surface area (TPSA) is 140 Å². The van der Waals surface area contributed by atoms with E-state index in [9.17, 15) is 19.2 Å². The lowest BCUT2D eigenvalue weighted by atomic mass is 9.88. The molecule has 0 aliphatic carbocycles. The number of benzene rings is 1. The number of carbonyl (C=O) groups excluding carboxylic acids is 4. The number of hydrogen-bond donors (Lipinski definition) is 1. The Kier molecular flexibility index (Phi) is 14.5. The summed E-state index contributed by atoms with van der Waals surface area (Å²) in [6.45, 7) is 11.6. The molecule has 0 aromatic heterocycles. The highest BCUT2D eigenvalue weighted by Crippen LogP contribution is 2.32. The minimum Gasteiger partial charge on any atom is -0.468 e. The number of esters is 3. The second kappa shape index (κ2) is 16.7. The molecule has 0 fully saturated rings. The third kappa shape index (κ3) is 12.5. The summed E-state index contributed by atoms with van der Waals surface area (Å²) in [5.74, 6) is -1.08. The summed E-state index contributed by atoms with van der Waals surface area (Å²) in [5, 5.41) is 0. The molecule has 0 radical (unpaired) electrons. The predicted molar refractivity (Wildman–Crippen MR) is 145 cm³/mol. The first-order valence-electron chi connectivity index (χ1n) is 13.5. The first kappa shape index (κ1) is 33.9. The Morgan fingerprint density at radius 1 is 0.872 bits per heavy atom. The van der Waals surface area contributed by atoms with Crippen LogP contribution in [0.4, 0.5) is 4.79 Å². The van der Waals surface area contributed by atoms with Gasteiger partial charge in [-0.25, -0.2) is 4.79 Å². The standard InChI is InChI=1S/C29H45NO9/c1-8-20(5)14-25(31)38-23-11-10-22(16-24(23)39-26(32)15-21(6)9-2)17-29(30,27(33)35-7)12-13-36-28(34)37-18-19(3)4/h10-11,16,19-21H,8-9,12-15,17-18,30H2,1-7H3. The van der Waals surface area contributed by atoms with E-state index in [4.69, 9.17) is 29.4 Å². The molecule has 1 aromatic carbocycles. The fraction of sp³-hybridized carbons (Fsp3) is 0.655. The third-order valence-corrected chi connectivity index (χ3v) is 6.29. The molecule has 10 nitrogen and oxygen atoms in total. The SMILES string of the molecule is CCC(C)CC(=O)Oc1ccc(CC(N)(CCOC(=O)OCC(C)C)C(=O)OC)cc1OC(=O)CC(C)CC. The van der Waals surface area contributed by atoms with Crippen molar-refractivity contribution in [2.75, 3.05) is 20.3 Å². The van der Waals surface area contributed by atoms with Crippen molar-refractivity contribution in [3.8, 4) is 11.5 Å². The molecule has 0 aliphatic rings. The molecule has 3 unspecified atom stereocenters. The molecule has 0 saturated carbocycles. The van der Waals surface area contributed by atoms with Gasteiger partial charge >= 0.3 is 24.1 Å². The molecule has 220 valence electrons. The molecule has 39 heavy (non-hydrogen) atoms. The first-order valence-corrected chi connectivity index (χ1v) is 13.5. The maximum Gasteiger partial charge on any atom is 0.508 e. The van der Waals surface area contributed by atoms with Crippen LogP contribution < -0.4 is 15.2 Å². The summed E-state index contributed by atoms with van der Waals surface area (Å²) < 4.78 is 26.1. The number of carbonyl (C=O) groups is 4. The molecule has 0 aliphatic heterocycles. The highest BCUT2D eigenvalue weighted by Gasteiger charge is 2.36. The van der Waals surface area contributed by atoms with Gasteiger partial charge in [-0.3, -0.25) is 14.4 Å². The Morgan fingerprint density at radius 3 is 1.95 bits per heavy atom. The minimum atomic E-state index is -1.56. The molecule has 0 heterocycles. The predicted octanol–water partition coefficient (Wildman–Crippen LogP) is 4.98. The molecule has 0 spiro atoms. The van der Waals surface area contributed by atoms with Crippen LogP contribution in [0, 0.1) is 17.8 Å². The van der Waals surface area contributed by atoms with Gasteiger partial charge in [0.15, 0.2) is 11.5 Å². The van der Waals surface area contributed by atoms with Gasteiger partial charge in [0, 0.05) is 25.7 Å². The van der Waals surface area contributed by atoms with Crippen LogP contribution in [-0.4, -0.2) is 49.9 Å². The number of hydrogen-bond acceptors (Lipinski definition) is 10. The lowest BCUT2D eigenvalue weighted by Crippen LogP contribution is -2.51. The van der Waals surface area contributed by atoms with Gasteiger partial charge in [0.2, 0.25) is 0 Å². The molecule has 0 saturated heterocycles. The van der Waals surface area contributed by atoms with Crippen molar-refractivity contribution in [1.82, 2.24) is 0 Å². The number of ether oxygens (including phenoxy) is 5. The average molecular weight is 552 g/mol. The number of nitrogens with two attached hydrogens (primary N) is 1. The van der Waals surface area contributed by atoms with Gasteiger partial charge in [0.1, 0.15) is 5.54 Å². The Hall–Kier alpha value is -3.14. The van der Waals surface area contributed by atoms with Gasteiger partial charge in [0.25, 0.3) is 0 Å². The molecule has 1 aromatic rings. The third-order valence-electron chi connectivity index (χ3n) is 6.29. The smallest absolute Gasteiger partial charge is 0.468 e. The van der Waals surface area contributed by atoms with E-state index >= 15 is 0 Å². The van der Waals surface area contributed by atoms with Crippen LogP contribution in [0.2, 0.25) is 0 Å². The fourth-order valence-corrected chi connectivity index (χ4v) is 3.44. The van der Waals surface area contributed by atoms with E-state index in [0.29, 0.717) is 5.56 Å². The summed E-state index contributed by atoms with van der Waals surface area (Å²) in [7, 11) is 1.21. The first-order chi connectivity index (χ1) is 18.3. The second-order valence-corrected chi connectivity index (χ2v) is 10.5. The maximum atomic E-state index is 12.6. The van der Waals surface area contributed by atoms with Crippen molar-refractivity contribution in [3.63, 3.8) is 0 Å². The molecule has 1 rings (SSSR count). The van der Waals surface area contributed by atoms with E-state index in [0.717, 1.165) is 12.8 Å². The van der Waals surface area contributed by atoms with Gasteiger partial charge in [-0.15, -0.1) is 0 Å². The van der Waals surface area contributed by atoms with Crippen molar-refractivity contribution >= 4 is 24.1 Å². The zero-order chi connectivity index (χ0) is 29.6. The van der Waals surface area contributed by atoms with Crippen molar-refractivity contribution in [2.24, 2.45) is 23.5 Å². The van der Waals surface area contributed by atoms with Gasteiger partial charge in [0.05, 0.1) is 20.3 Å². The maximum absolute atomic E-state index is 12.6. The zero-order valence-corrected chi connectivity index (χ0v) is 24.4. The lowest BCUT2D eigenvalue weighted by Gasteiger charge is -2.26. The minimum absolute atomic E-state index is 0.0267. The van der Waals surface area contributed by atoms with Crippen LogP contribution in [0.3, 0.4) is 0 Å². The van der Waals surface area contributed by atoms with Crippen LogP contribution in [-0.2, 0) is 35.0 Å². The van der Waals surface area contributed by atoms with Gasteiger partial charge in [-0.1, -0.05) is 60.5 Å². The van der Waals surface area contributed by atoms with Crippen LogP contribution >= 0.6 is 0 Å². The quantitative estimate of drug-likeness (QED) is 0.221. The second-order valence-electron chi connectivity index (χ2n) is 10.5. The van der Waals surface area contributed by atoms with Crippen molar-refractivity contribution < 1.29 is 42.9 Å². The van der Waals surface area contributed by atoms with E-state index in [1.807, 2.05) is 41.5 Å². The van der Waals surface area contributed by atoms with Crippen molar-refractivity contribution in [2.45, 2.75) is 85.6 Å². The van der Waals surface area contributed by atoms with Crippen molar-refractivity contribution in [1.29, 1.82) is 0 Å². The molecule has 0 amide bonds. The van der Waals surface area contributed by atoms with Crippen LogP contribution in [0.25, 0.3) is 0 Å². The number of rotatable bonds is 16. The summed E-state index contributed by atoms with van der Waals surface area (Å²) in [6.07, 6.45) is 1.09. The lowest BCUT2D eigenvalue weighted by molar-refractivity contribution is -0.147. The van der Waals surface area contributed by atoms with Gasteiger partial charge in [-0.2, -0.15) is 0 Å². The highest BCUT2D eigenvalue weighted by atomic mass is 16.7. The Balaban J connectivity index is 3.14. The largest absolute Gasteiger partial charge is 0.508 e. The van der Waals surface area contributed by atoms with Crippen LogP contribution in [0.5, 0.6) is 11.5 Å². The summed E-state index contributed by atoms with van der Waals surface area (Å²) in [5.41, 5.74) is 5.39. The summed E-state index contributed by atoms with van der Waals surface area (Å²) in [6, 6.07) is 4.65. The molecule has 2 N–H and O–H groups in total. The number of methoxy groups -OCH3 is 1. The van der Waals surface area contributed by atoms with E-state index < -0.39 is 29.6 Å². The fourth-order valence-electron chi connectivity index (χ4n) is 3.44. The molecule has 0 bridgehead atoms. The van der Waals surface area contributed by atoms with Crippen molar-refractivity contribution in [3.05, 3.63) is 23.8 Å². The Labute approximate surface area is 231 Å². The van der Waals surface area contributed by atoms with Gasteiger partial charge < -0.3 is 29.4 Å².